The van der Waals surface area contributed by atoms with E-state index in [9.17, 15) is 0 Å². The minimum absolute atomic E-state index is 0.0435. The second kappa shape index (κ2) is 5.05. The highest BCUT2D eigenvalue weighted by Crippen LogP contribution is 2.25. The molecule has 0 saturated heterocycles. The maximum atomic E-state index is 5.59. The van der Waals surface area contributed by atoms with E-state index in [4.69, 9.17) is 5.84 Å². The zero-order chi connectivity index (χ0) is 11.5. The van der Waals surface area contributed by atoms with Crippen molar-refractivity contribution < 1.29 is 0 Å². The zero-order valence-corrected chi connectivity index (χ0v) is 11.2. The van der Waals surface area contributed by atoms with Gasteiger partial charge in [-0.3, -0.25) is 10.8 Å². The Bertz CT molecular complexity index is 466. The molecule has 0 aromatic carbocycles. The number of nitrogens with one attached hydrogen (secondary N) is 1. The highest BCUT2D eigenvalue weighted by atomic mass is 79.9. The number of aryl methyl sites for hydroxylation is 1. The lowest BCUT2D eigenvalue weighted by Gasteiger charge is -2.13. The van der Waals surface area contributed by atoms with Crippen LogP contribution >= 0.6 is 27.3 Å². The van der Waals surface area contributed by atoms with E-state index in [0.717, 1.165) is 15.7 Å². The quantitative estimate of drug-likeness (QED) is 0.677. The number of nitrogens with two attached hydrogens (primary N) is 1. The first kappa shape index (κ1) is 11.7. The molecule has 2 rings (SSSR count). The Kier molecular flexibility index (Phi) is 3.70. The van der Waals surface area contributed by atoms with Crippen molar-refractivity contribution in [3.63, 3.8) is 0 Å². The standard InChI is InChI=1S/C11H12BrN3S/c1-7-4-8(6-16-7)11(15-13)10-3-2-9(12)5-14-10/h2-6,11,15H,13H2,1H3. The highest BCUT2D eigenvalue weighted by Gasteiger charge is 2.14. The molecule has 2 aromatic rings. The van der Waals surface area contributed by atoms with Crippen LogP contribution in [0, 0.1) is 6.92 Å². The average molecular weight is 298 g/mol. The Balaban J connectivity index is 2.32. The fourth-order valence-electron chi connectivity index (χ4n) is 1.53. The van der Waals surface area contributed by atoms with Crippen LogP contribution in [0.3, 0.4) is 0 Å². The van der Waals surface area contributed by atoms with Gasteiger partial charge in [-0.1, -0.05) is 0 Å². The Labute approximate surface area is 107 Å². The third kappa shape index (κ3) is 2.49. The molecule has 0 spiro atoms. The molecule has 0 fully saturated rings. The molecule has 1 unspecified atom stereocenters. The lowest BCUT2D eigenvalue weighted by molar-refractivity contribution is 0.622. The van der Waals surface area contributed by atoms with E-state index in [-0.39, 0.29) is 6.04 Å². The van der Waals surface area contributed by atoms with Crippen molar-refractivity contribution in [2.24, 2.45) is 5.84 Å². The van der Waals surface area contributed by atoms with Crippen molar-refractivity contribution in [3.05, 3.63) is 50.4 Å². The van der Waals surface area contributed by atoms with Gasteiger partial charge in [0.1, 0.15) is 0 Å². The van der Waals surface area contributed by atoms with Crippen LogP contribution in [0.1, 0.15) is 22.2 Å². The van der Waals surface area contributed by atoms with Crippen molar-refractivity contribution in [2.75, 3.05) is 0 Å². The van der Waals surface area contributed by atoms with Gasteiger partial charge in [0.2, 0.25) is 0 Å². The normalized spacial score (nSPS) is 12.7. The maximum absolute atomic E-state index is 5.59. The third-order valence-corrected chi connectivity index (χ3v) is 3.65. The van der Waals surface area contributed by atoms with Crippen LogP contribution in [0.25, 0.3) is 0 Å². The predicted octanol–water partition coefficient (Wildman–Crippen LogP) is 2.77. The molecule has 0 aliphatic carbocycles. The molecule has 5 heteroatoms. The first-order chi connectivity index (χ1) is 7.70. The van der Waals surface area contributed by atoms with Crippen molar-refractivity contribution >= 4 is 27.3 Å². The molecule has 0 aliphatic rings. The molecule has 2 aromatic heterocycles. The zero-order valence-electron chi connectivity index (χ0n) is 8.77. The summed E-state index contributed by atoms with van der Waals surface area (Å²) in [4.78, 5) is 5.62. The molecule has 0 bridgehead atoms. The second-order valence-corrected chi connectivity index (χ2v) is 5.52. The molecule has 84 valence electrons. The number of rotatable bonds is 3. The van der Waals surface area contributed by atoms with Crippen molar-refractivity contribution in [1.82, 2.24) is 10.4 Å². The van der Waals surface area contributed by atoms with Gasteiger partial charge >= 0.3 is 0 Å². The van der Waals surface area contributed by atoms with E-state index in [1.165, 1.54) is 4.88 Å². The van der Waals surface area contributed by atoms with Crippen LogP contribution in [0.5, 0.6) is 0 Å². The fourth-order valence-corrected chi connectivity index (χ4v) is 2.49. The first-order valence-electron chi connectivity index (χ1n) is 4.83. The monoisotopic (exact) mass is 297 g/mol. The minimum Gasteiger partial charge on any atom is -0.271 e. The van der Waals surface area contributed by atoms with Crippen LogP contribution in [-0.2, 0) is 0 Å². The van der Waals surface area contributed by atoms with Gasteiger partial charge in [-0.25, -0.2) is 5.43 Å². The lowest BCUT2D eigenvalue weighted by Crippen LogP contribution is -2.29. The SMILES string of the molecule is Cc1cc(C(NN)c2ccc(Br)cn2)cs1. The molecule has 0 aliphatic heterocycles. The van der Waals surface area contributed by atoms with E-state index in [2.05, 4.69) is 44.7 Å². The summed E-state index contributed by atoms with van der Waals surface area (Å²) in [6.45, 7) is 2.08. The maximum Gasteiger partial charge on any atom is 0.0889 e. The molecule has 0 radical (unpaired) electrons. The highest BCUT2D eigenvalue weighted by molar-refractivity contribution is 9.10. The van der Waals surface area contributed by atoms with Crippen LogP contribution < -0.4 is 11.3 Å². The van der Waals surface area contributed by atoms with Gasteiger partial charge in [0.15, 0.2) is 0 Å². The van der Waals surface area contributed by atoms with Crippen LogP contribution in [0.4, 0.5) is 0 Å². The molecule has 16 heavy (non-hydrogen) atoms. The summed E-state index contributed by atoms with van der Waals surface area (Å²) in [5.74, 6) is 5.59. The summed E-state index contributed by atoms with van der Waals surface area (Å²) in [6, 6.07) is 6.00. The third-order valence-electron chi connectivity index (χ3n) is 2.30. The summed E-state index contributed by atoms with van der Waals surface area (Å²) >= 11 is 5.08. The number of pyridine rings is 1. The topological polar surface area (TPSA) is 50.9 Å². The van der Waals surface area contributed by atoms with Crippen LogP contribution in [-0.4, -0.2) is 4.98 Å². The molecule has 0 amide bonds. The number of hydrazine groups is 1. The predicted molar refractivity (Wildman–Crippen MR) is 70.2 cm³/mol. The van der Waals surface area contributed by atoms with Gasteiger partial charge < -0.3 is 0 Å². The Morgan fingerprint density at radius 3 is 2.81 bits per heavy atom. The summed E-state index contributed by atoms with van der Waals surface area (Å²) in [7, 11) is 0. The smallest absolute Gasteiger partial charge is 0.0889 e. The second-order valence-electron chi connectivity index (χ2n) is 3.49. The Hall–Kier alpha value is -0.750. The Morgan fingerprint density at radius 1 is 1.50 bits per heavy atom. The molecule has 1 atom stereocenters. The van der Waals surface area contributed by atoms with Crippen LogP contribution in [0.15, 0.2) is 34.2 Å². The van der Waals surface area contributed by atoms with Gasteiger partial charge in [0.25, 0.3) is 0 Å². The van der Waals surface area contributed by atoms with E-state index in [1.54, 1.807) is 17.5 Å². The van der Waals surface area contributed by atoms with Gasteiger partial charge in [-0.2, -0.15) is 0 Å². The number of thiophene rings is 1. The van der Waals surface area contributed by atoms with Crippen LogP contribution in [0.2, 0.25) is 0 Å². The molecule has 0 saturated carbocycles. The summed E-state index contributed by atoms with van der Waals surface area (Å²) in [5.41, 5.74) is 4.87. The number of halogens is 1. The van der Waals surface area contributed by atoms with E-state index in [1.807, 2.05) is 12.1 Å². The number of hydrogen-bond donors (Lipinski definition) is 2. The molecule has 2 heterocycles. The summed E-state index contributed by atoms with van der Waals surface area (Å²) < 4.78 is 0.966. The summed E-state index contributed by atoms with van der Waals surface area (Å²) in [5, 5.41) is 2.10. The van der Waals surface area contributed by atoms with Gasteiger partial charge in [-0.05, 0) is 52.0 Å². The first-order valence-corrected chi connectivity index (χ1v) is 6.50. The van der Waals surface area contributed by atoms with Crippen molar-refractivity contribution in [2.45, 2.75) is 13.0 Å². The number of hydrogen-bond acceptors (Lipinski definition) is 4. The number of aromatic nitrogens is 1. The minimum atomic E-state index is -0.0435. The largest absolute Gasteiger partial charge is 0.271 e. The van der Waals surface area contributed by atoms with Gasteiger partial charge in [0.05, 0.1) is 11.7 Å². The van der Waals surface area contributed by atoms with E-state index >= 15 is 0 Å². The van der Waals surface area contributed by atoms with E-state index in [0.29, 0.717) is 0 Å². The van der Waals surface area contributed by atoms with Gasteiger partial charge in [0, 0.05) is 15.5 Å². The van der Waals surface area contributed by atoms with Crippen molar-refractivity contribution in [3.8, 4) is 0 Å². The molecular weight excluding hydrogens is 286 g/mol. The Morgan fingerprint density at radius 2 is 2.31 bits per heavy atom. The average Bonchev–Trinajstić information content (AvgIpc) is 2.69. The summed E-state index contributed by atoms with van der Waals surface area (Å²) in [6.07, 6.45) is 1.78. The number of nitrogens with zero attached hydrogens (tertiary/aromatic N) is 1. The molecule has 3 N–H and O–H groups in total. The van der Waals surface area contributed by atoms with Gasteiger partial charge in [-0.15, -0.1) is 11.3 Å². The lowest BCUT2D eigenvalue weighted by atomic mass is 10.1. The fraction of sp³-hybridized carbons (Fsp3) is 0.182. The molecular formula is C11H12BrN3S. The molecule has 3 nitrogen and oxygen atoms in total. The van der Waals surface area contributed by atoms with E-state index < -0.39 is 0 Å². The van der Waals surface area contributed by atoms with Crippen molar-refractivity contribution in [1.29, 1.82) is 0 Å².